The minimum Gasteiger partial charge on any atom is -0.484 e. The number of Topliss-reactive ketones (excluding diaryl/α,β-unsaturated/α-hetero) is 1. The fraction of sp³-hybridized carbons (Fsp3) is 0.250. The molecule has 0 spiro atoms. The van der Waals surface area contributed by atoms with Gasteiger partial charge in [0.25, 0.3) is 5.91 Å². The second kappa shape index (κ2) is 6.39. The fourth-order valence-electron chi connectivity index (χ4n) is 1.22. The van der Waals surface area contributed by atoms with Gasteiger partial charge in [0.2, 0.25) is 5.91 Å². The fourth-order valence-corrected chi connectivity index (χ4v) is 1.22. The van der Waals surface area contributed by atoms with E-state index in [-0.39, 0.29) is 24.7 Å². The predicted octanol–water partition coefficient (Wildman–Crippen LogP) is 0.468. The molecular weight excluding hydrogens is 236 g/mol. The quantitative estimate of drug-likeness (QED) is 0.717. The molecule has 0 saturated heterocycles. The van der Waals surface area contributed by atoms with Gasteiger partial charge in [0.15, 0.2) is 6.61 Å². The van der Waals surface area contributed by atoms with Crippen LogP contribution in [0.5, 0.6) is 5.75 Å². The van der Waals surface area contributed by atoms with Crippen LogP contribution in [0.25, 0.3) is 0 Å². The lowest BCUT2D eigenvalue weighted by atomic mass is 10.2. The van der Waals surface area contributed by atoms with Crippen LogP contribution in [0.4, 0.5) is 5.69 Å². The van der Waals surface area contributed by atoms with E-state index in [0.717, 1.165) is 0 Å². The molecule has 3 N–H and O–H groups in total. The van der Waals surface area contributed by atoms with Gasteiger partial charge in [-0.1, -0.05) is 0 Å². The number of carbonyl (C=O) groups excluding carboxylic acids is 3. The highest BCUT2D eigenvalue weighted by atomic mass is 16.5. The number of rotatable bonds is 6. The van der Waals surface area contributed by atoms with Crippen LogP contribution < -0.4 is 15.8 Å². The van der Waals surface area contributed by atoms with E-state index in [4.69, 9.17) is 10.5 Å². The first-order chi connectivity index (χ1) is 8.47. The van der Waals surface area contributed by atoms with Crippen molar-refractivity contribution >= 4 is 23.3 Å². The number of hydrogen-bond acceptors (Lipinski definition) is 4. The molecule has 0 aliphatic carbocycles. The Balaban J connectivity index is 2.52. The lowest BCUT2D eigenvalue weighted by Crippen LogP contribution is -2.20. The largest absolute Gasteiger partial charge is 0.484 e. The van der Waals surface area contributed by atoms with Gasteiger partial charge in [0, 0.05) is 5.69 Å². The molecule has 1 aromatic rings. The molecule has 0 atom stereocenters. The minimum absolute atomic E-state index is 0.153. The second-order valence-corrected chi connectivity index (χ2v) is 3.71. The molecule has 1 rings (SSSR count). The van der Waals surface area contributed by atoms with Crippen LogP contribution in [0.3, 0.4) is 0 Å². The number of primary amides is 1. The van der Waals surface area contributed by atoms with Crippen molar-refractivity contribution in [1.82, 2.24) is 0 Å². The zero-order chi connectivity index (χ0) is 13.5. The van der Waals surface area contributed by atoms with Crippen molar-refractivity contribution in [1.29, 1.82) is 0 Å². The molecule has 0 aromatic heterocycles. The van der Waals surface area contributed by atoms with Crippen LogP contribution >= 0.6 is 0 Å². The molecule has 0 aliphatic heterocycles. The normalized spacial score (nSPS) is 9.61. The summed E-state index contributed by atoms with van der Waals surface area (Å²) in [4.78, 5) is 32.5. The Morgan fingerprint density at radius 1 is 1.22 bits per heavy atom. The zero-order valence-electron chi connectivity index (χ0n) is 9.93. The average molecular weight is 250 g/mol. The Hall–Kier alpha value is -2.37. The molecule has 0 fully saturated rings. The van der Waals surface area contributed by atoms with E-state index in [9.17, 15) is 14.4 Å². The molecule has 0 radical (unpaired) electrons. The Kier molecular flexibility index (Phi) is 4.86. The van der Waals surface area contributed by atoms with Gasteiger partial charge in [-0.2, -0.15) is 0 Å². The molecule has 0 unspecified atom stereocenters. The van der Waals surface area contributed by atoms with Crippen molar-refractivity contribution in [3.05, 3.63) is 24.3 Å². The van der Waals surface area contributed by atoms with Crippen LogP contribution in [0.1, 0.15) is 13.3 Å². The Labute approximate surface area is 104 Å². The van der Waals surface area contributed by atoms with Crippen LogP contribution in [0, 0.1) is 0 Å². The van der Waals surface area contributed by atoms with E-state index >= 15 is 0 Å². The van der Waals surface area contributed by atoms with Crippen molar-refractivity contribution in [3.63, 3.8) is 0 Å². The summed E-state index contributed by atoms with van der Waals surface area (Å²) in [6, 6.07) is 6.39. The van der Waals surface area contributed by atoms with Gasteiger partial charge in [-0.05, 0) is 31.2 Å². The number of benzene rings is 1. The van der Waals surface area contributed by atoms with Gasteiger partial charge < -0.3 is 15.8 Å². The maximum atomic E-state index is 11.3. The van der Waals surface area contributed by atoms with Gasteiger partial charge in [0.1, 0.15) is 11.5 Å². The summed E-state index contributed by atoms with van der Waals surface area (Å²) < 4.78 is 5.05. The summed E-state index contributed by atoms with van der Waals surface area (Å²) >= 11 is 0. The Morgan fingerprint density at radius 2 is 1.83 bits per heavy atom. The highest BCUT2D eigenvalue weighted by Crippen LogP contribution is 2.15. The third kappa shape index (κ3) is 5.11. The molecule has 0 aliphatic rings. The van der Waals surface area contributed by atoms with Crippen LogP contribution in [0.15, 0.2) is 24.3 Å². The van der Waals surface area contributed by atoms with Crippen molar-refractivity contribution in [2.24, 2.45) is 5.73 Å². The van der Waals surface area contributed by atoms with E-state index in [1.165, 1.54) is 6.92 Å². The van der Waals surface area contributed by atoms with Crippen LogP contribution in [0.2, 0.25) is 0 Å². The standard InChI is InChI=1S/C12H14N2O4/c1-8(15)6-12(17)14-9-2-4-10(5-3-9)18-7-11(13)16/h2-5H,6-7H2,1H3,(H2,13,16)(H,14,17). The highest BCUT2D eigenvalue weighted by molar-refractivity contribution is 6.03. The number of ketones is 1. The monoisotopic (exact) mass is 250 g/mol. The van der Waals surface area contributed by atoms with Gasteiger partial charge in [-0.25, -0.2) is 0 Å². The highest BCUT2D eigenvalue weighted by Gasteiger charge is 2.05. The summed E-state index contributed by atoms with van der Waals surface area (Å²) in [7, 11) is 0. The summed E-state index contributed by atoms with van der Waals surface area (Å²) in [6.45, 7) is 1.15. The summed E-state index contributed by atoms with van der Waals surface area (Å²) in [6.07, 6.45) is -0.153. The number of amides is 2. The zero-order valence-corrected chi connectivity index (χ0v) is 9.93. The second-order valence-electron chi connectivity index (χ2n) is 3.71. The molecule has 2 amide bonds. The van der Waals surface area contributed by atoms with E-state index in [1.54, 1.807) is 24.3 Å². The number of nitrogens with one attached hydrogen (secondary N) is 1. The molecule has 0 bridgehead atoms. The summed E-state index contributed by atoms with van der Waals surface area (Å²) in [5.74, 6) is -0.658. The van der Waals surface area contributed by atoms with Crippen molar-refractivity contribution in [2.75, 3.05) is 11.9 Å². The average Bonchev–Trinajstić information content (AvgIpc) is 2.26. The molecular formula is C12H14N2O4. The summed E-state index contributed by atoms with van der Waals surface area (Å²) in [5, 5.41) is 2.56. The first kappa shape index (κ1) is 13.7. The Morgan fingerprint density at radius 3 is 2.33 bits per heavy atom. The smallest absolute Gasteiger partial charge is 0.255 e. The maximum Gasteiger partial charge on any atom is 0.255 e. The van der Waals surface area contributed by atoms with E-state index in [0.29, 0.717) is 11.4 Å². The third-order valence-electron chi connectivity index (χ3n) is 1.93. The number of carbonyl (C=O) groups is 3. The number of nitrogens with two attached hydrogens (primary N) is 1. The minimum atomic E-state index is -0.561. The predicted molar refractivity (Wildman–Crippen MR) is 65.1 cm³/mol. The van der Waals surface area contributed by atoms with Gasteiger partial charge in [-0.3, -0.25) is 14.4 Å². The molecule has 6 nitrogen and oxygen atoms in total. The Bertz CT molecular complexity index is 454. The molecule has 0 heterocycles. The SMILES string of the molecule is CC(=O)CC(=O)Nc1ccc(OCC(N)=O)cc1. The number of ether oxygens (including phenoxy) is 1. The molecule has 1 aromatic carbocycles. The van der Waals surface area contributed by atoms with E-state index in [1.807, 2.05) is 0 Å². The van der Waals surface area contributed by atoms with Crippen molar-refractivity contribution in [2.45, 2.75) is 13.3 Å². The van der Waals surface area contributed by atoms with E-state index < -0.39 is 5.91 Å². The molecule has 0 saturated carbocycles. The summed E-state index contributed by atoms with van der Waals surface area (Å²) in [5.41, 5.74) is 5.48. The van der Waals surface area contributed by atoms with Crippen molar-refractivity contribution < 1.29 is 19.1 Å². The lowest BCUT2D eigenvalue weighted by molar-refractivity contribution is -0.124. The first-order valence-electron chi connectivity index (χ1n) is 5.28. The lowest BCUT2D eigenvalue weighted by Gasteiger charge is -2.06. The van der Waals surface area contributed by atoms with Crippen molar-refractivity contribution in [3.8, 4) is 5.75 Å². The molecule has 18 heavy (non-hydrogen) atoms. The first-order valence-corrected chi connectivity index (χ1v) is 5.28. The maximum absolute atomic E-state index is 11.3. The number of hydrogen-bond donors (Lipinski definition) is 2. The third-order valence-corrected chi connectivity index (χ3v) is 1.93. The van der Waals surface area contributed by atoms with Gasteiger partial charge in [-0.15, -0.1) is 0 Å². The van der Waals surface area contributed by atoms with Gasteiger partial charge in [0.05, 0.1) is 6.42 Å². The molecule has 96 valence electrons. The van der Waals surface area contributed by atoms with Gasteiger partial charge >= 0.3 is 0 Å². The van der Waals surface area contributed by atoms with Crippen LogP contribution in [-0.4, -0.2) is 24.2 Å². The molecule has 6 heteroatoms. The van der Waals surface area contributed by atoms with Crippen LogP contribution in [-0.2, 0) is 14.4 Å². The number of anilines is 1. The topological polar surface area (TPSA) is 98.5 Å². The van der Waals surface area contributed by atoms with E-state index in [2.05, 4.69) is 5.32 Å².